The molecule has 134 valence electrons. The average molecular weight is 343 g/mol. The summed E-state index contributed by atoms with van der Waals surface area (Å²) in [6.45, 7) is 3.91. The van der Waals surface area contributed by atoms with Crippen LogP contribution in [0, 0.1) is 5.92 Å². The molecule has 3 rings (SSSR count). The first kappa shape index (κ1) is 17.5. The second-order valence-electron chi connectivity index (χ2n) is 6.86. The van der Waals surface area contributed by atoms with Crippen LogP contribution in [0.25, 0.3) is 11.0 Å². The Kier molecular flexibility index (Phi) is 5.11. The smallest absolute Gasteiger partial charge is 0.328 e. The lowest BCUT2D eigenvalue weighted by atomic mass is 9.98. The highest BCUT2D eigenvalue weighted by Crippen LogP contribution is 2.30. The first-order valence-electron chi connectivity index (χ1n) is 8.92. The Balaban J connectivity index is 1.76. The Morgan fingerprint density at radius 1 is 1.28 bits per heavy atom. The van der Waals surface area contributed by atoms with E-state index in [0.29, 0.717) is 0 Å². The Bertz CT molecular complexity index is 792. The molecule has 0 radical (unpaired) electrons. The molecule has 0 aliphatic heterocycles. The van der Waals surface area contributed by atoms with Gasteiger partial charge in [-0.3, -0.25) is 4.79 Å². The second kappa shape index (κ2) is 7.30. The van der Waals surface area contributed by atoms with Gasteiger partial charge in [0.1, 0.15) is 11.6 Å². The van der Waals surface area contributed by atoms with E-state index in [1.54, 1.807) is 6.26 Å². The number of furan rings is 1. The van der Waals surface area contributed by atoms with Crippen LogP contribution < -0.4 is 5.32 Å². The van der Waals surface area contributed by atoms with Crippen molar-refractivity contribution in [3.05, 3.63) is 35.1 Å². The van der Waals surface area contributed by atoms with Gasteiger partial charge in [-0.05, 0) is 48.4 Å². The number of hydrogen-bond donors (Lipinski definition) is 1. The number of methoxy groups -OCH3 is 1. The van der Waals surface area contributed by atoms with Crippen LogP contribution in [-0.2, 0) is 33.6 Å². The van der Waals surface area contributed by atoms with E-state index in [2.05, 4.69) is 17.4 Å². The molecule has 1 heterocycles. The van der Waals surface area contributed by atoms with Gasteiger partial charge in [-0.2, -0.15) is 0 Å². The summed E-state index contributed by atoms with van der Waals surface area (Å²) in [7, 11) is 1.34. The van der Waals surface area contributed by atoms with E-state index in [4.69, 9.17) is 9.15 Å². The standard InChI is InChI=1S/C20H25NO4/c1-4-12(2)19(20(23)24-3)21-18(22)10-15-11-25-17-9-14-7-5-6-13(14)8-16(15)17/h8-9,11-12,19H,4-7,10H2,1-3H3,(H,21,22). The maximum absolute atomic E-state index is 12.5. The number of carbonyl (C=O) groups is 2. The Morgan fingerprint density at radius 3 is 2.68 bits per heavy atom. The minimum Gasteiger partial charge on any atom is -0.467 e. The fourth-order valence-electron chi connectivity index (χ4n) is 3.48. The molecule has 25 heavy (non-hydrogen) atoms. The number of ether oxygens (including phenoxy) is 1. The number of aryl methyl sites for hydroxylation is 2. The molecule has 5 heteroatoms. The van der Waals surface area contributed by atoms with Gasteiger partial charge in [-0.1, -0.05) is 20.3 Å². The van der Waals surface area contributed by atoms with Crippen molar-refractivity contribution in [1.82, 2.24) is 5.32 Å². The predicted octanol–water partition coefficient (Wildman–Crippen LogP) is 3.17. The molecule has 1 aliphatic rings. The zero-order valence-corrected chi connectivity index (χ0v) is 15.1. The summed E-state index contributed by atoms with van der Waals surface area (Å²) in [6.07, 6.45) is 5.97. The quantitative estimate of drug-likeness (QED) is 0.818. The summed E-state index contributed by atoms with van der Waals surface area (Å²) in [5, 5.41) is 3.81. The molecule has 2 aromatic rings. The number of carbonyl (C=O) groups excluding carboxylic acids is 2. The van der Waals surface area contributed by atoms with Crippen molar-refractivity contribution in [1.29, 1.82) is 0 Å². The highest BCUT2D eigenvalue weighted by Gasteiger charge is 2.27. The van der Waals surface area contributed by atoms with Crippen LogP contribution in [0.5, 0.6) is 0 Å². The average Bonchev–Trinajstić information content (AvgIpc) is 3.23. The van der Waals surface area contributed by atoms with Crippen molar-refractivity contribution in [2.45, 2.75) is 52.0 Å². The number of amides is 1. The van der Waals surface area contributed by atoms with Crippen molar-refractivity contribution >= 4 is 22.8 Å². The molecule has 5 nitrogen and oxygen atoms in total. The SMILES string of the molecule is CCC(C)C(NC(=O)Cc1coc2cc3c(cc12)CCC3)C(=O)OC. The van der Waals surface area contributed by atoms with Gasteiger partial charge in [0, 0.05) is 10.9 Å². The maximum Gasteiger partial charge on any atom is 0.328 e. The normalized spacial score (nSPS) is 15.6. The topological polar surface area (TPSA) is 68.5 Å². The van der Waals surface area contributed by atoms with Crippen LogP contribution in [-0.4, -0.2) is 25.0 Å². The van der Waals surface area contributed by atoms with Crippen LogP contribution in [0.15, 0.2) is 22.8 Å². The van der Waals surface area contributed by atoms with Crippen LogP contribution in [0.2, 0.25) is 0 Å². The number of esters is 1. The van der Waals surface area contributed by atoms with E-state index in [1.165, 1.54) is 24.7 Å². The molecule has 1 amide bonds. The lowest BCUT2D eigenvalue weighted by Crippen LogP contribution is -2.46. The predicted molar refractivity (Wildman–Crippen MR) is 95.3 cm³/mol. The van der Waals surface area contributed by atoms with Crippen molar-refractivity contribution in [3.63, 3.8) is 0 Å². The molecule has 1 aliphatic carbocycles. The third-order valence-electron chi connectivity index (χ3n) is 5.20. The maximum atomic E-state index is 12.5. The van der Waals surface area contributed by atoms with E-state index in [9.17, 15) is 9.59 Å². The summed E-state index contributed by atoms with van der Waals surface area (Å²) < 4.78 is 10.5. The Morgan fingerprint density at radius 2 is 2.00 bits per heavy atom. The van der Waals surface area contributed by atoms with Crippen molar-refractivity contribution < 1.29 is 18.7 Å². The molecule has 2 atom stereocenters. The van der Waals surface area contributed by atoms with Gasteiger partial charge < -0.3 is 14.5 Å². The largest absolute Gasteiger partial charge is 0.467 e. The molecule has 1 aromatic carbocycles. The Labute approximate surface area is 147 Å². The zero-order chi connectivity index (χ0) is 18.0. The molecular weight excluding hydrogens is 318 g/mol. The summed E-state index contributed by atoms with van der Waals surface area (Å²) >= 11 is 0. The van der Waals surface area contributed by atoms with Gasteiger partial charge in [-0.15, -0.1) is 0 Å². The minimum atomic E-state index is -0.620. The van der Waals surface area contributed by atoms with E-state index in [1.807, 2.05) is 13.8 Å². The summed E-state index contributed by atoms with van der Waals surface area (Å²) in [6, 6.07) is 3.62. The van der Waals surface area contributed by atoms with E-state index in [0.717, 1.165) is 35.8 Å². The van der Waals surface area contributed by atoms with Crippen LogP contribution >= 0.6 is 0 Å². The van der Waals surface area contributed by atoms with Gasteiger partial charge in [-0.25, -0.2) is 4.79 Å². The lowest BCUT2D eigenvalue weighted by Gasteiger charge is -2.21. The second-order valence-corrected chi connectivity index (χ2v) is 6.86. The van der Waals surface area contributed by atoms with E-state index >= 15 is 0 Å². The van der Waals surface area contributed by atoms with Crippen LogP contribution in [0.4, 0.5) is 0 Å². The summed E-state index contributed by atoms with van der Waals surface area (Å²) in [4.78, 5) is 24.4. The van der Waals surface area contributed by atoms with Crippen molar-refractivity contribution in [3.8, 4) is 0 Å². The first-order valence-corrected chi connectivity index (χ1v) is 8.92. The fraction of sp³-hybridized carbons (Fsp3) is 0.500. The highest BCUT2D eigenvalue weighted by atomic mass is 16.5. The highest BCUT2D eigenvalue weighted by molar-refractivity contribution is 5.90. The van der Waals surface area contributed by atoms with E-state index in [-0.39, 0.29) is 18.2 Å². The number of benzene rings is 1. The van der Waals surface area contributed by atoms with Crippen LogP contribution in [0.3, 0.4) is 0 Å². The third kappa shape index (κ3) is 3.55. The van der Waals surface area contributed by atoms with Crippen LogP contribution in [0.1, 0.15) is 43.4 Å². The van der Waals surface area contributed by atoms with Gasteiger partial charge >= 0.3 is 5.97 Å². The molecule has 0 bridgehead atoms. The van der Waals surface area contributed by atoms with Gasteiger partial charge in [0.15, 0.2) is 0 Å². The van der Waals surface area contributed by atoms with Gasteiger partial charge in [0.25, 0.3) is 0 Å². The summed E-state index contributed by atoms with van der Waals surface area (Å²) in [5.41, 5.74) is 4.38. The lowest BCUT2D eigenvalue weighted by molar-refractivity contribution is -0.146. The molecule has 0 saturated heterocycles. The Hall–Kier alpha value is -2.30. The number of hydrogen-bond acceptors (Lipinski definition) is 4. The number of fused-ring (bicyclic) bond motifs is 2. The van der Waals surface area contributed by atoms with Gasteiger partial charge in [0.05, 0.1) is 19.8 Å². The molecule has 0 saturated carbocycles. The van der Waals surface area contributed by atoms with Gasteiger partial charge in [0.2, 0.25) is 5.91 Å². The first-order chi connectivity index (χ1) is 12.0. The number of rotatable bonds is 6. The van der Waals surface area contributed by atoms with E-state index < -0.39 is 12.0 Å². The summed E-state index contributed by atoms with van der Waals surface area (Å²) in [5.74, 6) is -0.586. The van der Waals surface area contributed by atoms with Crippen molar-refractivity contribution in [2.75, 3.05) is 7.11 Å². The molecule has 0 fully saturated rings. The minimum absolute atomic E-state index is 0.0146. The molecule has 0 spiro atoms. The fourth-order valence-corrected chi connectivity index (χ4v) is 3.48. The molecule has 1 N–H and O–H groups in total. The zero-order valence-electron chi connectivity index (χ0n) is 15.1. The third-order valence-corrected chi connectivity index (χ3v) is 5.20. The molecule has 1 aromatic heterocycles. The number of nitrogens with one attached hydrogen (secondary N) is 1. The molecule has 2 unspecified atom stereocenters. The monoisotopic (exact) mass is 343 g/mol. The van der Waals surface area contributed by atoms with Crippen molar-refractivity contribution in [2.24, 2.45) is 5.92 Å². The molecular formula is C20H25NO4.